The summed E-state index contributed by atoms with van der Waals surface area (Å²) in [4.78, 5) is 35.6. The van der Waals surface area contributed by atoms with Crippen LogP contribution in [0.25, 0.3) is 0 Å². The van der Waals surface area contributed by atoms with Crippen molar-refractivity contribution >= 4 is 29.2 Å². The SMILES string of the molecule is O=C(Nc1ccc(C(=O)NCCNC(=O)C2CC2)cc1)Nc1cccc(C(F)(F)F)c1. The summed E-state index contributed by atoms with van der Waals surface area (Å²) < 4.78 is 38.2. The van der Waals surface area contributed by atoms with Gasteiger partial charge in [-0.1, -0.05) is 6.07 Å². The Bertz CT molecular complexity index is 957. The zero-order chi connectivity index (χ0) is 22.4. The molecular formula is C21H21F3N4O3. The predicted octanol–water partition coefficient (Wildman–Crippen LogP) is 3.61. The molecule has 4 amide bonds. The second-order valence-electron chi connectivity index (χ2n) is 7.06. The highest BCUT2D eigenvalue weighted by Gasteiger charge is 2.30. The molecule has 0 aliphatic heterocycles. The Hall–Kier alpha value is -3.56. The average molecular weight is 434 g/mol. The van der Waals surface area contributed by atoms with Crippen LogP contribution in [-0.2, 0) is 11.0 Å². The molecule has 10 heteroatoms. The number of carbonyl (C=O) groups is 3. The summed E-state index contributed by atoms with van der Waals surface area (Å²) >= 11 is 0. The van der Waals surface area contributed by atoms with Crippen LogP contribution in [0.3, 0.4) is 0 Å². The summed E-state index contributed by atoms with van der Waals surface area (Å²) in [6.07, 6.45) is -2.68. The number of urea groups is 1. The molecule has 0 radical (unpaired) electrons. The van der Waals surface area contributed by atoms with E-state index in [0.29, 0.717) is 17.8 Å². The summed E-state index contributed by atoms with van der Waals surface area (Å²) in [5.74, 6) is -0.213. The minimum absolute atomic E-state index is 0.00269. The molecule has 2 aromatic carbocycles. The van der Waals surface area contributed by atoms with Crippen LogP contribution in [0.15, 0.2) is 48.5 Å². The van der Waals surface area contributed by atoms with Crippen molar-refractivity contribution in [2.24, 2.45) is 5.92 Å². The van der Waals surface area contributed by atoms with Crippen molar-refractivity contribution in [3.63, 3.8) is 0 Å². The summed E-state index contributed by atoms with van der Waals surface area (Å²) in [5.41, 5.74) is -0.153. The maximum Gasteiger partial charge on any atom is 0.416 e. The molecule has 0 bridgehead atoms. The molecule has 31 heavy (non-hydrogen) atoms. The minimum Gasteiger partial charge on any atom is -0.354 e. The molecule has 0 atom stereocenters. The van der Waals surface area contributed by atoms with E-state index in [-0.39, 0.29) is 30.0 Å². The number of rotatable bonds is 7. The zero-order valence-electron chi connectivity index (χ0n) is 16.4. The van der Waals surface area contributed by atoms with Gasteiger partial charge in [-0.2, -0.15) is 13.2 Å². The summed E-state index contributed by atoms with van der Waals surface area (Å²) in [5, 5.41) is 10.2. The zero-order valence-corrected chi connectivity index (χ0v) is 16.4. The summed E-state index contributed by atoms with van der Waals surface area (Å²) in [7, 11) is 0. The van der Waals surface area contributed by atoms with E-state index in [0.717, 1.165) is 25.0 Å². The van der Waals surface area contributed by atoms with E-state index in [1.807, 2.05) is 0 Å². The van der Waals surface area contributed by atoms with Gasteiger partial charge in [-0.15, -0.1) is 0 Å². The van der Waals surface area contributed by atoms with Gasteiger partial charge in [-0.3, -0.25) is 9.59 Å². The van der Waals surface area contributed by atoms with Gasteiger partial charge in [-0.05, 0) is 55.3 Å². The van der Waals surface area contributed by atoms with Crippen LogP contribution in [0.1, 0.15) is 28.8 Å². The van der Waals surface area contributed by atoms with E-state index < -0.39 is 17.8 Å². The molecule has 0 aromatic heterocycles. The van der Waals surface area contributed by atoms with Crippen molar-refractivity contribution in [2.75, 3.05) is 23.7 Å². The summed E-state index contributed by atoms with van der Waals surface area (Å²) in [6, 6.07) is 9.55. The fourth-order valence-corrected chi connectivity index (χ4v) is 2.73. The number of anilines is 2. The van der Waals surface area contributed by atoms with Gasteiger partial charge < -0.3 is 21.3 Å². The first-order chi connectivity index (χ1) is 14.7. The molecule has 2 aromatic rings. The van der Waals surface area contributed by atoms with E-state index in [2.05, 4.69) is 21.3 Å². The Morgan fingerprint density at radius 3 is 2.16 bits per heavy atom. The third-order valence-corrected chi connectivity index (χ3v) is 4.51. The first kappa shape index (κ1) is 22.1. The first-order valence-electron chi connectivity index (χ1n) is 9.63. The van der Waals surface area contributed by atoms with Crippen molar-refractivity contribution in [2.45, 2.75) is 19.0 Å². The Labute approximate surface area is 176 Å². The van der Waals surface area contributed by atoms with Crippen molar-refractivity contribution in [1.29, 1.82) is 0 Å². The van der Waals surface area contributed by atoms with Crippen LogP contribution in [0, 0.1) is 5.92 Å². The third-order valence-electron chi connectivity index (χ3n) is 4.51. The van der Waals surface area contributed by atoms with Gasteiger partial charge in [0, 0.05) is 35.9 Å². The highest BCUT2D eigenvalue weighted by molar-refractivity contribution is 6.00. The molecule has 4 N–H and O–H groups in total. The molecule has 1 fully saturated rings. The van der Waals surface area contributed by atoms with Gasteiger partial charge in [0.1, 0.15) is 0 Å². The Kier molecular flexibility index (Phi) is 6.78. The van der Waals surface area contributed by atoms with Crippen LogP contribution in [0.4, 0.5) is 29.3 Å². The molecule has 0 spiro atoms. The van der Waals surface area contributed by atoms with E-state index in [1.54, 1.807) is 0 Å². The van der Waals surface area contributed by atoms with Crippen LogP contribution >= 0.6 is 0 Å². The van der Waals surface area contributed by atoms with Crippen molar-refractivity contribution in [3.05, 3.63) is 59.7 Å². The van der Waals surface area contributed by atoms with Crippen LogP contribution < -0.4 is 21.3 Å². The topological polar surface area (TPSA) is 99.3 Å². The number of amides is 4. The van der Waals surface area contributed by atoms with E-state index in [9.17, 15) is 27.6 Å². The molecule has 0 saturated heterocycles. The maximum atomic E-state index is 12.7. The van der Waals surface area contributed by atoms with Crippen molar-refractivity contribution in [1.82, 2.24) is 10.6 Å². The number of alkyl halides is 3. The normalized spacial score (nSPS) is 13.3. The molecule has 7 nitrogen and oxygen atoms in total. The van der Waals surface area contributed by atoms with Crippen molar-refractivity contribution in [3.8, 4) is 0 Å². The van der Waals surface area contributed by atoms with Gasteiger partial charge >= 0.3 is 12.2 Å². The Balaban J connectivity index is 1.45. The lowest BCUT2D eigenvalue weighted by Crippen LogP contribution is -2.35. The highest BCUT2D eigenvalue weighted by Crippen LogP contribution is 2.30. The van der Waals surface area contributed by atoms with Crippen LogP contribution in [0.5, 0.6) is 0 Å². The van der Waals surface area contributed by atoms with Crippen LogP contribution in [0.2, 0.25) is 0 Å². The summed E-state index contributed by atoms with van der Waals surface area (Å²) in [6.45, 7) is 0.632. The minimum atomic E-state index is -4.51. The fourth-order valence-electron chi connectivity index (χ4n) is 2.73. The maximum absolute atomic E-state index is 12.7. The molecule has 1 aliphatic rings. The smallest absolute Gasteiger partial charge is 0.354 e. The second-order valence-corrected chi connectivity index (χ2v) is 7.06. The van der Waals surface area contributed by atoms with E-state index in [1.165, 1.54) is 36.4 Å². The first-order valence-corrected chi connectivity index (χ1v) is 9.63. The van der Waals surface area contributed by atoms with E-state index in [4.69, 9.17) is 0 Å². The number of hydrogen-bond donors (Lipinski definition) is 4. The van der Waals surface area contributed by atoms with Gasteiger partial charge in [0.05, 0.1) is 5.56 Å². The highest BCUT2D eigenvalue weighted by atomic mass is 19.4. The van der Waals surface area contributed by atoms with Gasteiger partial charge in [0.2, 0.25) is 5.91 Å². The largest absolute Gasteiger partial charge is 0.416 e. The van der Waals surface area contributed by atoms with Gasteiger partial charge in [-0.25, -0.2) is 4.79 Å². The fraction of sp³-hybridized carbons (Fsp3) is 0.286. The number of halogens is 3. The second kappa shape index (κ2) is 9.50. The quantitative estimate of drug-likeness (QED) is 0.501. The van der Waals surface area contributed by atoms with E-state index >= 15 is 0 Å². The number of benzene rings is 2. The Morgan fingerprint density at radius 2 is 1.52 bits per heavy atom. The molecule has 0 heterocycles. The van der Waals surface area contributed by atoms with Crippen LogP contribution in [-0.4, -0.2) is 30.9 Å². The van der Waals surface area contributed by atoms with Gasteiger partial charge in [0.25, 0.3) is 5.91 Å². The number of carbonyl (C=O) groups excluding carboxylic acids is 3. The lowest BCUT2D eigenvalue weighted by Gasteiger charge is -2.11. The molecule has 1 aliphatic carbocycles. The number of hydrogen-bond acceptors (Lipinski definition) is 3. The lowest BCUT2D eigenvalue weighted by atomic mass is 10.2. The molecule has 164 valence electrons. The lowest BCUT2D eigenvalue weighted by molar-refractivity contribution is -0.137. The number of nitrogens with one attached hydrogen (secondary N) is 4. The molecule has 3 rings (SSSR count). The average Bonchev–Trinajstić information content (AvgIpc) is 3.56. The Morgan fingerprint density at radius 1 is 0.871 bits per heavy atom. The standard InChI is InChI=1S/C21H21F3N4O3/c22-21(23,24)15-2-1-3-17(12-15)28-20(31)27-16-8-6-14(7-9-16)19(30)26-11-10-25-18(29)13-4-5-13/h1-3,6-9,12-13H,4-5,10-11H2,(H,25,29)(H,26,30)(H2,27,28,31). The van der Waals surface area contributed by atoms with Crippen molar-refractivity contribution < 1.29 is 27.6 Å². The molecule has 1 saturated carbocycles. The van der Waals surface area contributed by atoms with Gasteiger partial charge in [0.15, 0.2) is 0 Å². The molecular weight excluding hydrogens is 413 g/mol. The molecule has 0 unspecified atom stereocenters. The monoisotopic (exact) mass is 434 g/mol. The predicted molar refractivity (Wildman–Crippen MR) is 109 cm³/mol. The third kappa shape index (κ3) is 6.73.